The maximum atomic E-state index is 12.5. The number of benzene rings is 2. The molecule has 2 aromatic carbocycles. The number of aromatic nitrogens is 3. The van der Waals surface area contributed by atoms with Crippen LogP contribution in [0.5, 0.6) is 0 Å². The van der Waals surface area contributed by atoms with Crippen molar-refractivity contribution in [1.82, 2.24) is 14.8 Å². The van der Waals surface area contributed by atoms with Crippen LogP contribution in [0.15, 0.2) is 60.0 Å². The van der Waals surface area contributed by atoms with E-state index in [1.165, 1.54) is 0 Å². The van der Waals surface area contributed by atoms with Crippen molar-refractivity contribution >= 4 is 29.3 Å². The van der Waals surface area contributed by atoms with Gasteiger partial charge in [0.15, 0.2) is 11.4 Å². The number of hydrogen-bond donors (Lipinski definition) is 3. The summed E-state index contributed by atoms with van der Waals surface area (Å²) in [5, 5.41) is 30.0. The van der Waals surface area contributed by atoms with Crippen molar-refractivity contribution in [3.05, 3.63) is 71.5 Å². The molecule has 0 bridgehead atoms. The lowest BCUT2D eigenvalue weighted by atomic mass is 10.0. The van der Waals surface area contributed by atoms with Crippen LogP contribution in [0, 0.1) is 0 Å². The molecule has 1 fully saturated rings. The average molecular weight is 569 g/mol. The number of carbonyl (C=O) groups is 2. The third kappa shape index (κ3) is 8.88. The number of thioether (sulfide) groups is 1. The number of amides is 1. The van der Waals surface area contributed by atoms with E-state index in [1.54, 1.807) is 18.1 Å². The molecule has 1 saturated heterocycles. The van der Waals surface area contributed by atoms with E-state index in [2.05, 4.69) is 15.5 Å². The monoisotopic (exact) mass is 568 g/mol. The molecule has 214 valence electrons. The number of aryl methyl sites for hydroxylation is 1. The minimum absolute atomic E-state index is 0.0161. The fourth-order valence-electron chi connectivity index (χ4n) is 4.50. The SMILES string of the molecule is Cn1cnnc1SC[C@@H]1C[C@H](c2ccc(CO)cc2)O[C@H](c2cccc(NC(=O)CCCCCCC(=O)O)c2)O1. The van der Waals surface area contributed by atoms with Crippen LogP contribution in [0.3, 0.4) is 0 Å². The van der Waals surface area contributed by atoms with Crippen molar-refractivity contribution in [3.8, 4) is 0 Å². The molecule has 0 saturated carbocycles. The molecule has 1 aliphatic heterocycles. The molecule has 10 nitrogen and oxygen atoms in total. The first-order valence-corrected chi connectivity index (χ1v) is 14.5. The molecule has 4 rings (SSSR count). The minimum Gasteiger partial charge on any atom is -0.481 e. The van der Waals surface area contributed by atoms with Crippen molar-refractivity contribution < 1.29 is 29.3 Å². The van der Waals surface area contributed by atoms with E-state index in [0.717, 1.165) is 34.7 Å². The number of anilines is 1. The number of aliphatic hydroxyl groups is 1. The van der Waals surface area contributed by atoms with Gasteiger partial charge in [-0.2, -0.15) is 0 Å². The number of carboxylic acids is 1. The predicted octanol–water partition coefficient (Wildman–Crippen LogP) is 5.01. The van der Waals surface area contributed by atoms with Crippen LogP contribution >= 0.6 is 11.8 Å². The highest BCUT2D eigenvalue weighted by Gasteiger charge is 2.32. The third-order valence-corrected chi connectivity index (χ3v) is 7.84. The van der Waals surface area contributed by atoms with Crippen LogP contribution in [0.2, 0.25) is 0 Å². The number of nitrogens with zero attached hydrogens (tertiary/aromatic N) is 3. The van der Waals surface area contributed by atoms with Gasteiger partial charge in [-0.05, 0) is 36.1 Å². The zero-order valence-corrected chi connectivity index (χ0v) is 23.4. The normalized spacial score (nSPS) is 18.9. The van der Waals surface area contributed by atoms with Gasteiger partial charge in [0.25, 0.3) is 0 Å². The van der Waals surface area contributed by atoms with Crippen LogP contribution in [-0.2, 0) is 32.7 Å². The number of unbranched alkanes of at least 4 members (excludes halogenated alkanes) is 3. The second kappa shape index (κ2) is 14.9. The van der Waals surface area contributed by atoms with Gasteiger partial charge in [0, 0.05) is 43.3 Å². The summed E-state index contributed by atoms with van der Waals surface area (Å²) >= 11 is 1.58. The van der Waals surface area contributed by atoms with Crippen LogP contribution < -0.4 is 5.32 Å². The van der Waals surface area contributed by atoms with E-state index in [-0.39, 0.29) is 31.1 Å². The highest BCUT2D eigenvalue weighted by Crippen LogP contribution is 2.39. The zero-order valence-electron chi connectivity index (χ0n) is 22.6. The van der Waals surface area contributed by atoms with Gasteiger partial charge in [0.1, 0.15) is 6.33 Å². The molecule has 3 N–H and O–H groups in total. The first kappa shape index (κ1) is 29.7. The first-order valence-electron chi connectivity index (χ1n) is 13.5. The van der Waals surface area contributed by atoms with E-state index < -0.39 is 12.3 Å². The Morgan fingerprint density at radius 2 is 1.82 bits per heavy atom. The maximum Gasteiger partial charge on any atom is 0.303 e. The van der Waals surface area contributed by atoms with Gasteiger partial charge in [0.2, 0.25) is 5.91 Å². The molecule has 1 aliphatic rings. The van der Waals surface area contributed by atoms with Gasteiger partial charge in [0.05, 0.1) is 18.8 Å². The van der Waals surface area contributed by atoms with Crippen LogP contribution in [-0.4, -0.2) is 48.7 Å². The number of ether oxygens (including phenoxy) is 2. The lowest BCUT2D eigenvalue weighted by Gasteiger charge is -2.36. The molecule has 0 radical (unpaired) electrons. The number of nitrogens with one attached hydrogen (secondary N) is 1. The zero-order chi connectivity index (χ0) is 28.3. The number of carboxylic acid groups (broad SMARTS) is 1. The Kier molecular flexibility index (Phi) is 11.1. The number of hydrogen-bond acceptors (Lipinski definition) is 8. The molecule has 40 heavy (non-hydrogen) atoms. The smallest absolute Gasteiger partial charge is 0.303 e. The summed E-state index contributed by atoms with van der Waals surface area (Å²) in [6.45, 7) is -0.0161. The summed E-state index contributed by atoms with van der Waals surface area (Å²) < 4.78 is 14.7. The van der Waals surface area contributed by atoms with Crippen LogP contribution in [0.25, 0.3) is 0 Å². The van der Waals surface area contributed by atoms with E-state index in [9.17, 15) is 14.7 Å². The lowest BCUT2D eigenvalue weighted by Crippen LogP contribution is -2.31. The number of aliphatic carboxylic acids is 1. The molecule has 0 aliphatic carbocycles. The van der Waals surface area contributed by atoms with Crippen molar-refractivity contribution in [2.24, 2.45) is 7.05 Å². The summed E-state index contributed by atoms with van der Waals surface area (Å²) in [6, 6.07) is 15.2. The van der Waals surface area contributed by atoms with Crippen LogP contribution in [0.4, 0.5) is 5.69 Å². The quantitative estimate of drug-likeness (QED) is 0.181. The Morgan fingerprint density at radius 1 is 1.05 bits per heavy atom. The molecule has 2 heterocycles. The fourth-order valence-corrected chi connectivity index (χ4v) is 5.40. The summed E-state index contributed by atoms with van der Waals surface area (Å²) in [6.07, 6.45) is 4.85. The second-order valence-electron chi connectivity index (χ2n) is 9.87. The van der Waals surface area contributed by atoms with Gasteiger partial charge >= 0.3 is 5.97 Å². The van der Waals surface area contributed by atoms with Crippen molar-refractivity contribution in [2.45, 2.75) is 75.2 Å². The van der Waals surface area contributed by atoms with Crippen molar-refractivity contribution in [1.29, 1.82) is 0 Å². The summed E-state index contributed by atoms with van der Waals surface area (Å²) in [5.74, 6) is -0.203. The molecule has 0 unspecified atom stereocenters. The first-order chi connectivity index (χ1) is 19.4. The van der Waals surface area contributed by atoms with E-state index in [0.29, 0.717) is 37.1 Å². The maximum absolute atomic E-state index is 12.5. The molecular formula is C29H36N4O6S. The largest absolute Gasteiger partial charge is 0.481 e. The molecule has 1 amide bonds. The van der Waals surface area contributed by atoms with Gasteiger partial charge in [-0.25, -0.2) is 0 Å². The molecule has 1 aromatic heterocycles. The Morgan fingerprint density at radius 3 is 2.52 bits per heavy atom. The molecule has 0 spiro atoms. The topological polar surface area (TPSA) is 136 Å². The number of rotatable bonds is 14. The van der Waals surface area contributed by atoms with Gasteiger partial charge in [-0.15, -0.1) is 10.2 Å². The van der Waals surface area contributed by atoms with Crippen molar-refractivity contribution in [2.75, 3.05) is 11.1 Å². The highest BCUT2D eigenvalue weighted by molar-refractivity contribution is 7.99. The van der Waals surface area contributed by atoms with Gasteiger partial charge in [-0.1, -0.05) is 61.0 Å². The Balaban J connectivity index is 1.40. The summed E-state index contributed by atoms with van der Waals surface area (Å²) in [7, 11) is 1.90. The second-order valence-corrected chi connectivity index (χ2v) is 10.9. The molecular weight excluding hydrogens is 532 g/mol. The van der Waals surface area contributed by atoms with E-state index in [1.807, 2.05) is 60.1 Å². The Hall–Kier alpha value is -3.25. The molecule has 3 atom stereocenters. The third-order valence-electron chi connectivity index (χ3n) is 6.67. The molecule has 11 heteroatoms. The van der Waals surface area contributed by atoms with Crippen molar-refractivity contribution in [3.63, 3.8) is 0 Å². The Labute approximate surface area is 238 Å². The van der Waals surface area contributed by atoms with Gasteiger partial charge in [-0.3, -0.25) is 9.59 Å². The lowest BCUT2D eigenvalue weighted by molar-refractivity contribution is -0.245. The van der Waals surface area contributed by atoms with E-state index >= 15 is 0 Å². The molecule has 3 aromatic rings. The average Bonchev–Trinajstić information content (AvgIpc) is 3.38. The highest BCUT2D eigenvalue weighted by atomic mass is 32.2. The minimum atomic E-state index is -0.787. The van der Waals surface area contributed by atoms with Crippen LogP contribution in [0.1, 0.15) is 74.0 Å². The number of aliphatic hydroxyl groups excluding tert-OH is 1. The van der Waals surface area contributed by atoms with E-state index in [4.69, 9.17) is 14.6 Å². The standard InChI is InChI=1S/C29H36N4O6S/c1-33-19-30-32-29(33)40-18-24-16-25(21-13-11-20(17-34)12-14-21)39-28(38-24)22-7-6-8-23(15-22)31-26(35)9-4-2-3-5-10-27(36)37/h6-8,11-15,19,24-25,28,34H,2-5,9-10,16-18H2,1H3,(H,31,35)(H,36,37)/t24-,25+,28+/m0/s1. The fraction of sp³-hybridized carbons (Fsp3) is 0.448. The van der Waals surface area contributed by atoms with Gasteiger partial charge < -0.3 is 29.6 Å². The number of carbonyl (C=O) groups excluding carboxylic acids is 1. The summed E-state index contributed by atoms with van der Waals surface area (Å²) in [4.78, 5) is 23.1. The Bertz CT molecular complexity index is 1250. The summed E-state index contributed by atoms with van der Waals surface area (Å²) in [5.41, 5.74) is 3.31. The predicted molar refractivity (Wildman–Crippen MR) is 151 cm³/mol.